The summed E-state index contributed by atoms with van der Waals surface area (Å²) < 4.78 is 0. The van der Waals surface area contributed by atoms with Gasteiger partial charge in [-0.25, -0.2) is 0 Å². The smallest absolute Gasteiger partial charge is 0.252 e. The topological polar surface area (TPSA) is 94.0 Å². The number of hydrogen-bond acceptors (Lipinski definition) is 4. The van der Waals surface area contributed by atoms with Crippen LogP contribution in [0, 0.1) is 0 Å². The Morgan fingerprint density at radius 3 is 2.84 bits per heavy atom. The molecule has 0 aliphatic rings. The molecular formula is C14H16N4O. The summed E-state index contributed by atoms with van der Waals surface area (Å²) in [5.74, 6) is -0.497. The van der Waals surface area contributed by atoms with Crippen molar-refractivity contribution in [1.29, 1.82) is 0 Å². The van der Waals surface area contributed by atoms with Gasteiger partial charge < -0.3 is 16.8 Å². The van der Waals surface area contributed by atoms with Crippen molar-refractivity contribution in [2.45, 2.75) is 0 Å². The number of para-hydroxylation sites is 1. The van der Waals surface area contributed by atoms with E-state index in [1.807, 2.05) is 36.4 Å². The number of anilines is 1. The predicted octanol–water partition coefficient (Wildman–Crippen LogP) is 1.26. The number of benzene rings is 1. The van der Waals surface area contributed by atoms with Gasteiger partial charge in [-0.05, 0) is 6.07 Å². The molecule has 0 fully saturated rings. The lowest BCUT2D eigenvalue weighted by atomic mass is 10.1. The SMILES string of the molecule is NC/C=C/CNc1c(C(N)=O)cnc2ccccc12. The second-order valence-electron chi connectivity index (χ2n) is 4.02. The first-order valence-corrected chi connectivity index (χ1v) is 6.00. The maximum Gasteiger partial charge on any atom is 0.252 e. The maximum absolute atomic E-state index is 11.5. The van der Waals surface area contributed by atoms with Crippen LogP contribution in [0.4, 0.5) is 5.69 Å². The fourth-order valence-electron chi connectivity index (χ4n) is 1.86. The van der Waals surface area contributed by atoms with Gasteiger partial charge in [-0.1, -0.05) is 30.4 Å². The molecule has 1 amide bonds. The van der Waals surface area contributed by atoms with E-state index in [9.17, 15) is 4.79 Å². The number of hydrogen-bond donors (Lipinski definition) is 3. The Balaban J connectivity index is 2.43. The third kappa shape index (κ3) is 2.89. The molecule has 98 valence electrons. The van der Waals surface area contributed by atoms with Crippen LogP contribution in [0.3, 0.4) is 0 Å². The number of aromatic nitrogens is 1. The number of pyridine rings is 1. The highest BCUT2D eigenvalue weighted by Gasteiger charge is 2.11. The van der Waals surface area contributed by atoms with Gasteiger partial charge in [0.2, 0.25) is 0 Å². The fraction of sp³-hybridized carbons (Fsp3) is 0.143. The molecule has 0 radical (unpaired) electrons. The van der Waals surface area contributed by atoms with Gasteiger partial charge in [-0.15, -0.1) is 0 Å². The largest absolute Gasteiger partial charge is 0.380 e. The van der Waals surface area contributed by atoms with Crippen molar-refractivity contribution in [3.63, 3.8) is 0 Å². The minimum Gasteiger partial charge on any atom is -0.380 e. The first-order valence-electron chi connectivity index (χ1n) is 6.00. The molecule has 1 aromatic heterocycles. The number of nitrogens with one attached hydrogen (secondary N) is 1. The van der Waals surface area contributed by atoms with Crippen LogP contribution in [0.2, 0.25) is 0 Å². The van der Waals surface area contributed by atoms with Crippen LogP contribution in [0.1, 0.15) is 10.4 Å². The van der Waals surface area contributed by atoms with Crippen molar-refractivity contribution in [2.24, 2.45) is 11.5 Å². The number of carbonyl (C=O) groups is 1. The Morgan fingerprint density at radius 2 is 2.11 bits per heavy atom. The summed E-state index contributed by atoms with van der Waals surface area (Å²) in [5, 5.41) is 4.06. The number of fused-ring (bicyclic) bond motifs is 1. The quantitative estimate of drug-likeness (QED) is 0.702. The third-order valence-corrected chi connectivity index (χ3v) is 2.74. The van der Waals surface area contributed by atoms with Gasteiger partial charge in [0.05, 0.1) is 16.8 Å². The minimum absolute atomic E-state index is 0.389. The summed E-state index contributed by atoms with van der Waals surface area (Å²) in [5.41, 5.74) is 12.7. The molecule has 5 N–H and O–H groups in total. The van der Waals surface area contributed by atoms with E-state index in [1.165, 1.54) is 6.20 Å². The van der Waals surface area contributed by atoms with Gasteiger partial charge in [0.15, 0.2) is 0 Å². The highest BCUT2D eigenvalue weighted by atomic mass is 16.1. The zero-order valence-corrected chi connectivity index (χ0v) is 10.5. The Morgan fingerprint density at radius 1 is 1.32 bits per heavy atom. The molecule has 2 aromatic rings. The lowest BCUT2D eigenvalue weighted by molar-refractivity contribution is 0.100. The summed E-state index contributed by atoms with van der Waals surface area (Å²) in [4.78, 5) is 15.7. The van der Waals surface area contributed by atoms with E-state index >= 15 is 0 Å². The van der Waals surface area contributed by atoms with Crippen molar-refractivity contribution in [1.82, 2.24) is 4.98 Å². The van der Waals surface area contributed by atoms with Crippen LogP contribution in [0.25, 0.3) is 10.9 Å². The van der Waals surface area contributed by atoms with Gasteiger partial charge in [0.25, 0.3) is 5.91 Å². The monoisotopic (exact) mass is 256 g/mol. The van der Waals surface area contributed by atoms with E-state index in [4.69, 9.17) is 11.5 Å². The van der Waals surface area contributed by atoms with Gasteiger partial charge in [-0.2, -0.15) is 0 Å². The molecule has 0 unspecified atom stereocenters. The molecule has 0 atom stereocenters. The summed E-state index contributed by atoms with van der Waals surface area (Å²) in [6.07, 6.45) is 5.25. The lowest BCUT2D eigenvalue weighted by Crippen LogP contribution is -2.15. The second-order valence-corrected chi connectivity index (χ2v) is 4.02. The van der Waals surface area contributed by atoms with E-state index in [0.717, 1.165) is 10.9 Å². The van der Waals surface area contributed by atoms with E-state index in [1.54, 1.807) is 0 Å². The molecule has 0 spiro atoms. The average Bonchev–Trinajstić information content (AvgIpc) is 2.43. The zero-order chi connectivity index (χ0) is 13.7. The van der Waals surface area contributed by atoms with Crippen molar-refractivity contribution in [3.8, 4) is 0 Å². The van der Waals surface area contributed by atoms with Gasteiger partial charge in [0.1, 0.15) is 0 Å². The van der Waals surface area contributed by atoms with Gasteiger partial charge in [0, 0.05) is 24.7 Å². The molecule has 0 aliphatic heterocycles. The van der Waals surface area contributed by atoms with Crippen molar-refractivity contribution in [3.05, 3.63) is 48.2 Å². The zero-order valence-electron chi connectivity index (χ0n) is 10.5. The molecule has 0 aliphatic carbocycles. The first kappa shape index (κ1) is 13.0. The number of nitrogens with zero attached hydrogens (tertiary/aromatic N) is 1. The molecule has 2 rings (SSSR count). The van der Waals surface area contributed by atoms with Gasteiger partial charge >= 0.3 is 0 Å². The molecule has 5 nitrogen and oxygen atoms in total. The first-order chi connectivity index (χ1) is 9.24. The minimum atomic E-state index is -0.497. The summed E-state index contributed by atoms with van der Waals surface area (Å²) in [7, 11) is 0. The van der Waals surface area contributed by atoms with Crippen LogP contribution in [-0.4, -0.2) is 24.0 Å². The molecule has 1 heterocycles. The normalized spacial score (nSPS) is 11.0. The number of nitrogens with two attached hydrogens (primary N) is 2. The molecule has 1 aromatic carbocycles. The summed E-state index contributed by atoms with van der Waals surface area (Å²) in [6.45, 7) is 1.06. The van der Waals surface area contributed by atoms with Gasteiger partial charge in [-0.3, -0.25) is 9.78 Å². The number of primary amides is 1. The van der Waals surface area contributed by atoms with Crippen LogP contribution in [-0.2, 0) is 0 Å². The van der Waals surface area contributed by atoms with E-state index < -0.39 is 5.91 Å². The number of amides is 1. The standard InChI is InChI=1S/C14H16N4O/c15-7-3-4-8-17-13-10-5-1-2-6-12(10)18-9-11(13)14(16)19/h1-6,9H,7-8,15H2,(H2,16,19)(H,17,18)/b4-3+. The van der Waals surface area contributed by atoms with Crippen molar-refractivity contribution < 1.29 is 4.79 Å². The summed E-state index contributed by atoms with van der Waals surface area (Å²) >= 11 is 0. The molecule has 0 saturated carbocycles. The molecule has 0 bridgehead atoms. The van der Waals surface area contributed by atoms with Crippen molar-refractivity contribution >= 4 is 22.5 Å². The fourth-order valence-corrected chi connectivity index (χ4v) is 1.86. The Kier molecular flexibility index (Phi) is 4.10. The van der Waals surface area contributed by atoms with Crippen LogP contribution in [0.5, 0.6) is 0 Å². The lowest BCUT2D eigenvalue weighted by Gasteiger charge is -2.11. The van der Waals surface area contributed by atoms with E-state index in [-0.39, 0.29) is 0 Å². The highest BCUT2D eigenvalue weighted by molar-refractivity contribution is 6.06. The Labute approximate surface area is 111 Å². The predicted molar refractivity (Wildman–Crippen MR) is 76.9 cm³/mol. The number of carbonyl (C=O) groups excluding carboxylic acids is 1. The molecular weight excluding hydrogens is 240 g/mol. The molecule has 5 heteroatoms. The Hall–Kier alpha value is -2.40. The molecule has 0 saturated heterocycles. The van der Waals surface area contributed by atoms with Crippen LogP contribution in [0.15, 0.2) is 42.6 Å². The second kappa shape index (κ2) is 5.97. The Bertz CT molecular complexity index is 622. The third-order valence-electron chi connectivity index (χ3n) is 2.74. The molecule has 19 heavy (non-hydrogen) atoms. The maximum atomic E-state index is 11.5. The summed E-state index contributed by atoms with van der Waals surface area (Å²) in [6, 6.07) is 7.60. The van der Waals surface area contributed by atoms with Crippen molar-refractivity contribution in [2.75, 3.05) is 18.4 Å². The van der Waals surface area contributed by atoms with E-state index in [2.05, 4.69) is 10.3 Å². The number of rotatable bonds is 5. The average molecular weight is 256 g/mol. The van der Waals surface area contributed by atoms with Crippen LogP contribution >= 0.6 is 0 Å². The van der Waals surface area contributed by atoms with E-state index in [0.29, 0.717) is 24.3 Å². The highest BCUT2D eigenvalue weighted by Crippen LogP contribution is 2.25. The van der Waals surface area contributed by atoms with Crippen LogP contribution < -0.4 is 16.8 Å².